The van der Waals surface area contributed by atoms with Gasteiger partial charge in [-0.1, -0.05) is 13.8 Å². The molecule has 4 nitrogen and oxygen atoms in total. The van der Waals surface area contributed by atoms with Crippen molar-refractivity contribution in [2.24, 2.45) is 5.92 Å². The van der Waals surface area contributed by atoms with Gasteiger partial charge in [0.2, 0.25) is 5.91 Å². The molecule has 0 unspecified atom stereocenters. The Labute approximate surface area is 118 Å². The van der Waals surface area contributed by atoms with E-state index in [9.17, 15) is 4.79 Å². The van der Waals surface area contributed by atoms with Crippen molar-refractivity contribution < 1.29 is 4.79 Å². The molecular weight excluding hydrogens is 238 g/mol. The van der Waals surface area contributed by atoms with Crippen LogP contribution in [0.5, 0.6) is 0 Å². The molecule has 4 heteroatoms. The van der Waals surface area contributed by atoms with Gasteiger partial charge in [0.15, 0.2) is 0 Å². The molecule has 112 valence electrons. The first-order valence-electron chi connectivity index (χ1n) is 7.65. The lowest BCUT2D eigenvalue weighted by molar-refractivity contribution is -0.130. The number of nitrogens with one attached hydrogen (secondary N) is 1. The van der Waals surface area contributed by atoms with E-state index in [1.807, 2.05) is 11.9 Å². The summed E-state index contributed by atoms with van der Waals surface area (Å²) in [7, 11) is 4.13. The zero-order valence-corrected chi connectivity index (χ0v) is 13.1. The highest BCUT2D eigenvalue weighted by Gasteiger charge is 2.19. The Morgan fingerprint density at radius 1 is 1.37 bits per heavy atom. The minimum Gasteiger partial charge on any atom is -0.345 e. The van der Waals surface area contributed by atoms with Gasteiger partial charge in [-0.15, -0.1) is 0 Å². The van der Waals surface area contributed by atoms with E-state index in [0.29, 0.717) is 24.3 Å². The second-order valence-corrected chi connectivity index (χ2v) is 6.23. The van der Waals surface area contributed by atoms with E-state index in [2.05, 4.69) is 31.1 Å². The van der Waals surface area contributed by atoms with Crippen LogP contribution in [-0.4, -0.2) is 62.0 Å². The van der Waals surface area contributed by atoms with E-state index in [-0.39, 0.29) is 0 Å². The van der Waals surface area contributed by atoms with E-state index in [1.54, 1.807) is 0 Å². The largest absolute Gasteiger partial charge is 0.345 e. The molecule has 1 saturated heterocycles. The summed E-state index contributed by atoms with van der Waals surface area (Å²) in [4.78, 5) is 16.3. The molecule has 1 aliphatic heterocycles. The fraction of sp³-hybridized carbons (Fsp3) is 0.933. The van der Waals surface area contributed by atoms with Gasteiger partial charge in [-0.05, 0) is 51.9 Å². The highest BCUT2D eigenvalue weighted by molar-refractivity contribution is 5.75. The van der Waals surface area contributed by atoms with Crippen LogP contribution in [0.25, 0.3) is 0 Å². The van der Waals surface area contributed by atoms with E-state index in [0.717, 1.165) is 19.5 Å². The van der Waals surface area contributed by atoms with Crippen molar-refractivity contribution in [1.82, 2.24) is 15.1 Å². The van der Waals surface area contributed by atoms with Crippen molar-refractivity contribution in [3.05, 3.63) is 0 Å². The van der Waals surface area contributed by atoms with Crippen molar-refractivity contribution in [3.63, 3.8) is 0 Å². The Morgan fingerprint density at radius 2 is 2.00 bits per heavy atom. The van der Waals surface area contributed by atoms with E-state index < -0.39 is 0 Å². The Morgan fingerprint density at radius 3 is 2.58 bits per heavy atom. The highest BCUT2D eigenvalue weighted by atomic mass is 16.2. The van der Waals surface area contributed by atoms with Crippen LogP contribution >= 0.6 is 0 Å². The lowest BCUT2D eigenvalue weighted by atomic mass is 9.96. The van der Waals surface area contributed by atoms with Crippen molar-refractivity contribution in [1.29, 1.82) is 0 Å². The Balaban J connectivity index is 2.14. The third-order valence-electron chi connectivity index (χ3n) is 3.92. The minimum absolute atomic E-state index is 0.296. The molecule has 0 spiro atoms. The number of rotatable bonds is 7. The maximum atomic E-state index is 12.0. The van der Waals surface area contributed by atoms with Gasteiger partial charge < -0.3 is 15.1 Å². The third kappa shape index (κ3) is 6.92. The quantitative estimate of drug-likeness (QED) is 0.713. The molecule has 1 aliphatic rings. The number of hydrogen-bond donors (Lipinski definition) is 1. The fourth-order valence-corrected chi connectivity index (χ4v) is 2.55. The average molecular weight is 269 g/mol. The molecule has 0 bridgehead atoms. The van der Waals surface area contributed by atoms with Crippen LogP contribution in [0.1, 0.15) is 39.5 Å². The van der Waals surface area contributed by atoms with Gasteiger partial charge in [-0.25, -0.2) is 0 Å². The molecule has 0 aromatic rings. The molecule has 0 aromatic heterocycles. The van der Waals surface area contributed by atoms with Crippen LogP contribution < -0.4 is 5.32 Å². The van der Waals surface area contributed by atoms with Crippen LogP contribution in [0.3, 0.4) is 0 Å². The summed E-state index contributed by atoms with van der Waals surface area (Å²) in [6.07, 6.45) is 4.06. The SMILES string of the molecule is CC(C)NCCCC(=O)N(C)CC1CCN(C)CC1. The first-order valence-corrected chi connectivity index (χ1v) is 7.65. The second kappa shape index (κ2) is 8.54. The molecule has 0 atom stereocenters. The summed E-state index contributed by atoms with van der Waals surface area (Å²) >= 11 is 0. The second-order valence-electron chi connectivity index (χ2n) is 6.23. The van der Waals surface area contributed by atoms with Gasteiger partial charge in [-0.3, -0.25) is 4.79 Å². The summed E-state index contributed by atoms with van der Waals surface area (Å²) in [6, 6.07) is 0.507. The number of carbonyl (C=O) groups is 1. The van der Waals surface area contributed by atoms with Crippen molar-refractivity contribution >= 4 is 5.91 Å². The maximum Gasteiger partial charge on any atom is 0.222 e. The number of amides is 1. The van der Waals surface area contributed by atoms with Gasteiger partial charge >= 0.3 is 0 Å². The molecule has 0 aromatic carbocycles. The number of nitrogens with zero attached hydrogens (tertiary/aromatic N) is 2. The van der Waals surface area contributed by atoms with Crippen LogP contribution in [0.2, 0.25) is 0 Å². The maximum absolute atomic E-state index is 12.0. The molecule has 0 saturated carbocycles. The standard InChI is InChI=1S/C15H31N3O/c1-13(2)16-9-5-6-15(19)18(4)12-14-7-10-17(3)11-8-14/h13-14,16H,5-12H2,1-4H3. The normalized spacial score (nSPS) is 17.9. The van der Waals surface area contributed by atoms with Crippen molar-refractivity contribution in [3.8, 4) is 0 Å². The lowest BCUT2D eigenvalue weighted by Gasteiger charge is -2.31. The zero-order valence-electron chi connectivity index (χ0n) is 13.1. The molecule has 1 rings (SSSR count). The molecule has 0 aliphatic carbocycles. The summed E-state index contributed by atoms with van der Waals surface area (Å²) in [6.45, 7) is 8.48. The molecule has 0 radical (unpaired) electrons. The van der Waals surface area contributed by atoms with Crippen molar-refractivity contribution in [2.45, 2.75) is 45.6 Å². The van der Waals surface area contributed by atoms with Gasteiger partial charge in [0, 0.05) is 26.1 Å². The lowest BCUT2D eigenvalue weighted by Crippen LogP contribution is -2.38. The van der Waals surface area contributed by atoms with E-state index in [4.69, 9.17) is 0 Å². The third-order valence-corrected chi connectivity index (χ3v) is 3.92. The predicted molar refractivity (Wildman–Crippen MR) is 80.2 cm³/mol. The van der Waals surface area contributed by atoms with Crippen LogP contribution in [0.4, 0.5) is 0 Å². The number of carbonyl (C=O) groups excluding carboxylic acids is 1. The van der Waals surface area contributed by atoms with Crippen LogP contribution in [0.15, 0.2) is 0 Å². The predicted octanol–water partition coefficient (Wildman–Crippen LogP) is 1.56. The van der Waals surface area contributed by atoms with E-state index >= 15 is 0 Å². The van der Waals surface area contributed by atoms with Gasteiger partial charge in [0.05, 0.1) is 0 Å². The van der Waals surface area contributed by atoms with Crippen LogP contribution in [-0.2, 0) is 4.79 Å². The first kappa shape index (κ1) is 16.4. The fourth-order valence-electron chi connectivity index (χ4n) is 2.55. The summed E-state index contributed by atoms with van der Waals surface area (Å²) in [5, 5.41) is 3.35. The molecule has 1 heterocycles. The van der Waals surface area contributed by atoms with Gasteiger partial charge in [-0.2, -0.15) is 0 Å². The van der Waals surface area contributed by atoms with Crippen LogP contribution in [0, 0.1) is 5.92 Å². The monoisotopic (exact) mass is 269 g/mol. The zero-order chi connectivity index (χ0) is 14.3. The average Bonchev–Trinajstić information content (AvgIpc) is 2.36. The Hall–Kier alpha value is -0.610. The molecule has 1 fully saturated rings. The number of hydrogen-bond acceptors (Lipinski definition) is 3. The smallest absolute Gasteiger partial charge is 0.222 e. The highest BCUT2D eigenvalue weighted by Crippen LogP contribution is 2.17. The molecular formula is C15H31N3O. The molecule has 1 amide bonds. The summed E-state index contributed by atoms with van der Waals surface area (Å²) in [5.74, 6) is 0.989. The molecule has 1 N–H and O–H groups in total. The number of likely N-dealkylation sites (tertiary alicyclic amines) is 1. The Kier molecular flexibility index (Phi) is 7.39. The summed E-state index contributed by atoms with van der Waals surface area (Å²) < 4.78 is 0. The number of piperidine rings is 1. The summed E-state index contributed by atoms with van der Waals surface area (Å²) in [5.41, 5.74) is 0. The topological polar surface area (TPSA) is 35.6 Å². The van der Waals surface area contributed by atoms with Gasteiger partial charge in [0.25, 0.3) is 0 Å². The molecule has 19 heavy (non-hydrogen) atoms. The van der Waals surface area contributed by atoms with Crippen molar-refractivity contribution in [2.75, 3.05) is 40.3 Å². The minimum atomic E-state index is 0.296. The van der Waals surface area contributed by atoms with E-state index in [1.165, 1.54) is 25.9 Å². The Bertz CT molecular complexity index is 260. The van der Waals surface area contributed by atoms with Gasteiger partial charge in [0.1, 0.15) is 0 Å². The first-order chi connectivity index (χ1) is 8.99.